The molecule has 2 heterocycles. The van der Waals surface area contributed by atoms with Crippen LogP contribution >= 0.6 is 0 Å². The van der Waals surface area contributed by atoms with E-state index in [9.17, 15) is 0 Å². The zero-order valence-corrected chi connectivity index (χ0v) is 14.8. The molecule has 0 aliphatic carbocycles. The largest absolute Gasteiger partial charge is 0.346 e. The number of nitrogens with one attached hydrogen (secondary N) is 1. The van der Waals surface area contributed by atoms with E-state index in [2.05, 4.69) is 95.0 Å². The van der Waals surface area contributed by atoms with Gasteiger partial charge in [-0.25, -0.2) is 4.98 Å². The van der Waals surface area contributed by atoms with Crippen molar-refractivity contribution in [1.82, 2.24) is 9.97 Å². The van der Waals surface area contributed by atoms with Crippen LogP contribution in [0.25, 0.3) is 44.4 Å². The third-order valence-electron chi connectivity index (χ3n) is 4.94. The summed E-state index contributed by atoms with van der Waals surface area (Å²) >= 11 is 0. The van der Waals surface area contributed by atoms with Gasteiger partial charge in [-0.15, -0.1) is 0 Å². The highest BCUT2D eigenvalue weighted by Crippen LogP contribution is 2.36. The summed E-state index contributed by atoms with van der Waals surface area (Å²) in [5.41, 5.74) is 8.04. The Balaban J connectivity index is 1.71. The van der Waals surface area contributed by atoms with Gasteiger partial charge in [-0.1, -0.05) is 84.9 Å². The maximum Gasteiger partial charge on any atom is 0.137 e. The fourth-order valence-corrected chi connectivity index (χ4v) is 3.60. The molecule has 2 heteroatoms. The topological polar surface area (TPSA) is 28.7 Å². The number of fused-ring (bicyclic) bond motifs is 1. The molecule has 0 aliphatic heterocycles. The zero-order chi connectivity index (χ0) is 18.1. The highest BCUT2D eigenvalue weighted by Gasteiger charge is 2.13. The summed E-state index contributed by atoms with van der Waals surface area (Å²) in [6, 6.07) is 31.7. The minimum atomic E-state index is 0.910. The molecular formula is C25H18N2. The molecule has 128 valence electrons. The summed E-state index contributed by atoms with van der Waals surface area (Å²) in [7, 11) is 0. The number of hydrogen-bond donors (Lipinski definition) is 1. The Morgan fingerprint density at radius 2 is 1.19 bits per heavy atom. The highest BCUT2D eigenvalue weighted by atomic mass is 14.8. The average Bonchev–Trinajstić information content (AvgIpc) is 3.18. The number of benzene rings is 3. The first-order chi connectivity index (χ1) is 13.4. The molecule has 0 fully saturated rings. The Bertz CT molecular complexity index is 1210. The number of nitrogens with zero attached hydrogens (tertiary/aromatic N) is 1. The maximum atomic E-state index is 4.65. The third kappa shape index (κ3) is 2.81. The predicted molar refractivity (Wildman–Crippen MR) is 112 cm³/mol. The van der Waals surface area contributed by atoms with Crippen LogP contribution in [0.3, 0.4) is 0 Å². The number of aromatic amines is 1. The molecule has 27 heavy (non-hydrogen) atoms. The molecule has 2 aromatic heterocycles. The van der Waals surface area contributed by atoms with Crippen LogP contribution in [-0.4, -0.2) is 9.97 Å². The quantitative estimate of drug-likeness (QED) is 0.393. The van der Waals surface area contributed by atoms with Crippen LogP contribution in [0.5, 0.6) is 0 Å². The fourth-order valence-electron chi connectivity index (χ4n) is 3.60. The standard InChI is InChI=1S/C25H18N2/c1-3-9-18(10-4-1)20-15-23-24(17-27-25(23)26-16-20)22-14-8-7-13-21(22)19-11-5-2-6-12-19/h1-17H,(H,26,27). The van der Waals surface area contributed by atoms with Gasteiger partial charge in [0.2, 0.25) is 0 Å². The van der Waals surface area contributed by atoms with Crippen molar-refractivity contribution in [2.24, 2.45) is 0 Å². The van der Waals surface area contributed by atoms with Gasteiger partial charge in [0.25, 0.3) is 0 Å². The van der Waals surface area contributed by atoms with Crippen molar-refractivity contribution in [3.05, 3.63) is 103 Å². The molecular weight excluding hydrogens is 328 g/mol. The summed E-state index contributed by atoms with van der Waals surface area (Å²) in [4.78, 5) is 7.98. The van der Waals surface area contributed by atoms with Crippen LogP contribution in [0.4, 0.5) is 0 Å². The Morgan fingerprint density at radius 1 is 0.556 bits per heavy atom. The summed E-state index contributed by atoms with van der Waals surface area (Å²) in [6.45, 7) is 0. The van der Waals surface area contributed by atoms with Gasteiger partial charge < -0.3 is 4.98 Å². The molecule has 0 bridgehead atoms. The van der Waals surface area contributed by atoms with Gasteiger partial charge in [0.05, 0.1) is 0 Å². The van der Waals surface area contributed by atoms with E-state index in [0.717, 1.165) is 16.6 Å². The number of aromatic nitrogens is 2. The lowest BCUT2D eigenvalue weighted by Gasteiger charge is -2.09. The van der Waals surface area contributed by atoms with E-state index >= 15 is 0 Å². The van der Waals surface area contributed by atoms with E-state index < -0.39 is 0 Å². The minimum Gasteiger partial charge on any atom is -0.346 e. The Hall–Kier alpha value is -3.65. The van der Waals surface area contributed by atoms with Crippen molar-refractivity contribution in [3.63, 3.8) is 0 Å². The minimum absolute atomic E-state index is 0.910. The molecule has 2 nitrogen and oxygen atoms in total. The van der Waals surface area contributed by atoms with E-state index in [1.54, 1.807) is 0 Å². The second-order valence-electron chi connectivity index (χ2n) is 6.60. The summed E-state index contributed by atoms with van der Waals surface area (Å²) in [5, 5.41) is 1.14. The maximum absolute atomic E-state index is 4.65. The zero-order valence-electron chi connectivity index (χ0n) is 14.8. The fraction of sp³-hybridized carbons (Fsp3) is 0. The van der Waals surface area contributed by atoms with Crippen LogP contribution in [0, 0.1) is 0 Å². The Labute approximate surface area is 158 Å². The van der Waals surface area contributed by atoms with E-state index in [-0.39, 0.29) is 0 Å². The number of H-pyrrole nitrogens is 1. The van der Waals surface area contributed by atoms with Gasteiger partial charge in [-0.3, -0.25) is 0 Å². The predicted octanol–water partition coefficient (Wildman–Crippen LogP) is 6.56. The molecule has 0 atom stereocenters. The van der Waals surface area contributed by atoms with Crippen LogP contribution in [0.1, 0.15) is 0 Å². The number of pyridine rings is 1. The number of rotatable bonds is 3. The molecule has 0 radical (unpaired) electrons. The van der Waals surface area contributed by atoms with Crippen LogP contribution in [-0.2, 0) is 0 Å². The van der Waals surface area contributed by atoms with Gasteiger partial charge >= 0.3 is 0 Å². The highest BCUT2D eigenvalue weighted by molar-refractivity contribution is 5.99. The molecule has 0 saturated heterocycles. The lowest BCUT2D eigenvalue weighted by atomic mass is 9.94. The molecule has 3 aromatic carbocycles. The Kier molecular flexibility index (Phi) is 3.80. The first kappa shape index (κ1) is 15.6. The number of hydrogen-bond acceptors (Lipinski definition) is 1. The lowest BCUT2D eigenvalue weighted by molar-refractivity contribution is 1.33. The van der Waals surface area contributed by atoms with Crippen LogP contribution < -0.4 is 0 Å². The second-order valence-corrected chi connectivity index (χ2v) is 6.60. The van der Waals surface area contributed by atoms with Crippen LogP contribution in [0.2, 0.25) is 0 Å². The van der Waals surface area contributed by atoms with Gasteiger partial charge in [0.15, 0.2) is 0 Å². The smallest absolute Gasteiger partial charge is 0.137 e. The van der Waals surface area contributed by atoms with Crippen molar-refractivity contribution in [3.8, 4) is 33.4 Å². The van der Waals surface area contributed by atoms with Crippen molar-refractivity contribution in [2.75, 3.05) is 0 Å². The molecule has 5 rings (SSSR count). The third-order valence-corrected chi connectivity index (χ3v) is 4.94. The van der Waals surface area contributed by atoms with Crippen molar-refractivity contribution < 1.29 is 0 Å². The second kappa shape index (κ2) is 6.58. The molecule has 1 N–H and O–H groups in total. The molecule has 0 amide bonds. The monoisotopic (exact) mass is 346 g/mol. The molecule has 0 saturated carbocycles. The summed E-state index contributed by atoms with van der Waals surface area (Å²) in [6.07, 6.45) is 4.00. The summed E-state index contributed by atoms with van der Waals surface area (Å²) < 4.78 is 0. The SMILES string of the molecule is c1ccc(-c2cnc3[nH]cc(-c4ccccc4-c4ccccc4)c3c2)cc1. The molecule has 5 aromatic rings. The van der Waals surface area contributed by atoms with Crippen molar-refractivity contribution >= 4 is 11.0 Å². The van der Waals surface area contributed by atoms with E-state index in [4.69, 9.17) is 0 Å². The van der Waals surface area contributed by atoms with E-state index in [1.807, 2.05) is 18.3 Å². The van der Waals surface area contributed by atoms with Crippen LogP contribution in [0.15, 0.2) is 103 Å². The first-order valence-corrected chi connectivity index (χ1v) is 9.07. The first-order valence-electron chi connectivity index (χ1n) is 9.07. The van der Waals surface area contributed by atoms with Gasteiger partial charge in [0, 0.05) is 28.9 Å². The molecule has 0 aliphatic rings. The molecule has 0 spiro atoms. The Morgan fingerprint density at radius 3 is 1.93 bits per heavy atom. The van der Waals surface area contributed by atoms with E-state index in [0.29, 0.717) is 0 Å². The molecule has 0 unspecified atom stereocenters. The van der Waals surface area contributed by atoms with Crippen molar-refractivity contribution in [2.45, 2.75) is 0 Å². The summed E-state index contributed by atoms with van der Waals surface area (Å²) in [5.74, 6) is 0. The van der Waals surface area contributed by atoms with Gasteiger partial charge in [0.1, 0.15) is 5.65 Å². The van der Waals surface area contributed by atoms with Crippen molar-refractivity contribution in [1.29, 1.82) is 0 Å². The van der Waals surface area contributed by atoms with Gasteiger partial charge in [-0.05, 0) is 28.3 Å². The van der Waals surface area contributed by atoms with E-state index in [1.165, 1.54) is 27.8 Å². The lowest BCUT2D eigenvalue weighted by Crippen LogP contribution is -1.85. The van der Waals surface area contributed by atoms with Gasteiger partial charge in [-0.2, -0.15) is 0 Å². The average molecular weight is 346 g/mol. The normalized spacial score (nSPS) is 11.0.